The SMILES string of the molecule is Cn1cnc(CN)c1-c1ccccc1. The molecule has 0 saturated heterocycles. The zero-order valence-electron chi connectivity index (χ0n) is 8.14. The van der Waals surface area contributed by atoms with Crippen LogP contribution in [0, 0.1) is 0 Å². The molecule has 72 valence electrons. The molecule has 0 saturated carbocycles. The van der Waals surface area contributed by atoms with E-state index in [1.165, 1.54) is 0 Å². The average Bonchev–Trinajstić information content (AvgIpc) is 2.61. The lowest BCUT2D eigenvalue weighted by Gasteiger charge is -2.04. The Kier molecular flexibility index (Phi) is 2.33. The summed E-state index contributed by atoms with van der Waals surface area (Å²) in [5.41, 5.74) is 8.83. The van der Waals surface area contributed by atoms with Gasteiger partial charge in [0.1, 0.15) is 0 Å². The van der Waals surface area contributed by atoms with Gasteiger partial charge < -0.3 is 10.3 Å². The third-order valence-electron chi connectivity index (χ3n) is 2.25. The van der Waals surface area contributed by atoms with E-state index in [2.05, 4.69) is 17.1 Å². The molecule has 3 nitrogen and oxygen atoms in total. The third kappa shape index (κ3) is 1.42. The molecule has 2 aromatic rings. The van der Waals surface area contributed by atoms with Crippen LogP contribution in [-0.4, -0.2) is 9.55 Å². The van der Waals surface area contributed by atoms with Crippen molar-refractivity contribution < 1.29 is 0 Å². The fourth-order valence-corrected chi connectivity index (χ4v) is 1.59. The maximum atomic E-state index is 5.63. The van der Waals surface area contributed by atoms with Gasteiger partial charge in [0.05, 0.1) is 17.7 Å². The van der Waals surface area contributed by atoms with E-state index in [0.29, 0.717) is 6.54 Å². The van der Waals surface area contributed by atoms with Gasteiger partial charge in [0.2, 0.25) is 0 Å². The number of rotatable bonds is 2. The first-order valence-electron chi connectivity index (χ1n) is 4.58. The van der Waals surface area contributed by atoms with Gasteiger partial charge in [-0.15, -0.1) is 0 Å². The summed E-state index contributed by atoms with van der Waals surface area (Å²) < 4.78 is 2.00. The van der Waals surface area contributed by atoms with Gasteiger partial charge >= 0.3 is 0 Å². The summed E-state index contributed by atoms with van der Waals surface area (Å²) in [5.74, 6) is 0. The maximum absolute atomic E-state index is 5.63. The number of imidazole rings is 1. The summed E-state index contributed by atoms with van der Waals surface area (Å²) in [6, 6.07) is 10.2. The van der Waals surface area contributed by atoms with E-state index in [0.717, 1.165) is 17.0 Å². The van der Waals surface area contributed by atoms with Crippen LogP contribution in [0.3, 0.4) is 0 Å². The van der Waals surface area contributed by atoms with E-state index >= 15 is 0 Å². The van der Waals surface area contributed by atoms with Crippen LogP contribution in [0.15, 0.2) is 36.7 Å². The third-order valence-corrected chi connectivity index (χ3v) is 2.25. The first-order valence-corrected chi connectivity index (χ1v) is 4.58. The van der Waals surface area contributed by atoms with Crippen molar-refractivity contribution in [2.75, 3.05) is 0 Å². The lowest BCUT2D eigenvalue weighted by molar-refractivity contribution is 0.920. The summed E-state index contributed by atoms with van der Waals surface area (Å²) in [5, 5.41) is 0. The van der Waals surface area contributed by atoms with E-state index in [-0.39, 0.29) is 0 Å². The van der Waals surface area contributed by atoms with Gasteiger partial charge in [0.15, 0.2) is 0 Å². The lowest BCUT2D eigenvalue weighted by Crippen LogP contribution is -2.00. The van der Waals surface area contributed by atoms with Gasteiger partial charge in [0.25, 0.3) is 0 Å². The van der Waals surface area contributed by atoms with Gasteiger partial charge in [-0.1, -0.05) is 30.3 Å². The largest absolute Gasteiger partial charge is 0.333 e. The second-order valence-corrected chi connectivity index (χ2v) is 3.22. The van der Waals surface area contributed by atoms with Gasteiger partial charge in [-0.05, 0) is 0 Å². The molecule has 1 aromatic heterocycles. The molecule has 0 aliphatic carbocycles. The van der Waals surface area contributed by atoms with Crippen LogP contribution in [-0.2, 0) is 13.6 Å². The average molecular weight is 187 g/mol. The molecule has 14 heavy (non-hydrogen) atoms. The van der Waals surface area contributed by atoms with E-state index < -0.39 is 0 Å². The van der Waals surface area contributed by atoms with Crippen molar-refractivity contribution in [1.29, 1.82) is 0 Å². The summed E-state index contributed by atoms with van der Waals surface area (Å²) in [4.78, 5) is 4.25. The molecule has 0 unspecified atom stereocenters. The van der Waals surface area contributed by atoms with Crippen molar-refractivity contribution in [3.8, 4) is 11.3 Å². The summed E-state index contributed by atoms with van der Waals surface area (Å²) in [6.07, 6.45) is 1.80. The zero-order chi connectivity index (χ0) is 9.97. The minimum absolute atomic E-state index is 0.477. The Morgan fingerprint density at radius 2 is 2.00 bits per heavy atom. The maximum Gasteiger partial charge on any atom is 0.0952 e. The molecule has 0 radical (unpaired) electrons. The lowest BCUT2D eigenvalue weighted by atomic mass is 10.1. The molecule has 3 heteroatoms. The number of nitrogens with two attached hydrogens (primary N) is 1. The first kappa shape index (κ1) is 8.97. The van der Waals surface area contributed by atoms with Crippen molar-refractivity contribution in [1.82, 2.24) is 9.55 Å². The van der Waals surface area contributed by atoms with Crippen LogP contribution in [0.5, 0.6) is 0 Å². The summed E-state index contributed by atoms with van der Waals surface area (Å²) in [7, 11) is 1.98. The Labute approximate surface area is 83.2 Å². The molecule has 0 amide bonds. The highest BCUT2D eigenvalue weighted by molar-refractivity contribution is 5.62. The highest BCUT2D eigenvalue weighted by atomic mass is 15.0. The van der Waals surface area contributed by atoms with Crippen molar-refractivity contribution in [2.45, 2.75) is 6.54 Å². The molecule has 1 heterocycles. The van der Waals surface area contributed by atoms with Crippen molar-refractivity contribution in [2.24, 2.45) is 12.8 Å². The van der Waals surface area contributed by atoms with Crippen LogP contribution < -0.4 is 5.73 Å². The van der Waals surface area contributed by atoms with E-state index in [4.69, 9.17) is 5.73 Å². The Bertz CT molecular complexity index is 417. The Balaban J connectivity index is 2.55. The Hall–Kier alpha value is -1.61. The minimum atomic E-state index is 0.477. The fourth-order valence-electron chi connectivity index (χ4n) is 1.59. The summed E-state index contributed by atoms with van der Waals surface area (Å²) in [6.45, 7) is 0.477. The van der Waals surface area contributed by atoms with Gasteiger partial charge in [-0.25, -0.2) is 4.98 Å². The fraction of sp³-hybridized carbons (Fsp3) is 0.182. The van der Waals surface area contributed by atoms with Crippen molar-refractivity contribution >= 4 is 0 Å². The van der Waals surface area contributed by atoms with Crippen LogP contribution in [0.2, 0.25) is 0 Å². The number of hydrogen-bond acceptors (Lipinski definition) is 2. The second kappa shape index (κ2) is 3.64. The van der Waals surface area contributed by atoms with Crippen LogP contribution in [0.25, 0.3) is 11.3 Å². The first-order chi connectivity index (χ1) is 6.83. The van der Waals surface area contributed by atoms with Gasteiger partial charge in [-0.3, -0.25) is 0 Å². The molecule has 2 N–H and O–H groups in total. The molecule has 0 bridgehead atoms. The normalized spacial score (nSPS) is 10.4. The standard InChI is InChI=1S/C11H13N3/c1-14-8-13-10(7-12)11(14)9-5-3-2-4-6-9/h2-6,8H,7,12H2,1H3. The van der Waals surface area contributed by atoms with Gasteiger partial charge in [-0.2, -0.15) is 0 Å². The van der Waals surface area contributed by atoms with E-state index in [1.54, 1.807) is 6.33 Å². The van der Waals surface area contributed by atoms with Gasteiger partial charge in [0, 0.05) is 19.2 Å². The molecule has 0 aliphatic heterocycles. The van der Waals surface area contributed by atoms with Crippen molar-refractivity contribution in [3.63, 3.8) is 0 Å². The predicted octanol–water partition coefficient (Wildman–Crippen LogP) is 1.55. The Morgan fingerprint density at radius 1 is 1.29 bits per heavy atom. The van der Waals surface area contributed by atoms with Crippen LogP contribution >= 0.6 is 0 Å². The second-order valence-electron chi connectivity index (χ2n) is 3.22. The number of aromatic nitrogens is 2. The predicted molar refractivity (Wildman–Crippen MR) is 56.5 cm³/mol. The quantitative estimate of drug-likeness (QED) is 0.775. The zero-order valence-corrected chi connectivity index (χ0v) is 8.14. The molecule has 0 aliphatic rings. The molecule has 0 spiro atoms. The number of hydrogen-bond donors (Lipinski definition) is 1. The molecular weight excluding hydrogens is 174 g/mol. The topological polar surface area (TPSA) is 43.8 Å². The Morgan fingerprint density at radius 3 is 2.64 bits per heavy atom. The van der Waals surface area contributed by atoms with Crippen LogP contribution in [0.1, 0.15) is 5.69 Å². The molecule has 2 rings (SSSR count). The minimum Gasteiger partial charge on any atom is -0.333 e. The molecule has 0 atom stereocenters. The van der Waals surface area contributed by atoms with E-state index in [1.807, 2.05) is 29.8 Å². The van der Waals surface area contributed by atoms with Crippen LogP contribution in [0.4, 0.5) is 0 Å². The highest BCUT2D eigenvalue weighted by Crippen LogP contribution is 2.21. The monoisotopic (exact) mass is 187 g/mol. The van der Waals surface area contributed by atoms with Crippen molar-refractivity contribution in [3.05, 3.63) is 42.4 Å². The highest BCUT2D eigenvalue weighted by Gasteiger charge is 2.08. The summed E-state index contributed by atoms with van der Waals surface area (Å²) >= 11 is 0. The number of nitrogens with zero attached hydrogens (tertiary/aromatic N) is 2. The number of benzene rings is 1. The smallest absolute Gasteiger partial charge is 0.0952 e. The molecular formula is C11H13N3. The van der Waals surface area contributed by atoms with E-state index in [9.17, 15) is 0 Å². The molecule has 0 fully saturated rings. The number of aryl methyl sites for hydroxylation is 1. The molecule has 1 aromatic carbocycles.